The highest BCUT2D eigenvalue weighted by Gasteiger charge is 2.17. The predicted molar refractivity (Wildman–Crippen MR) is 71.7 cm³/mol. The highest BCUT2D eigenvalue weighted by atomic mass is 19.1. The number of hydrogen-bond donors (Lipinski definition) is 1. The summed E-state index contributed by atoms with van der Waals surface area (Å²) in [5, 5.41) is 0. The molecule has 0 aliphatic carbocycles. The number of nitrogens with zero attached hydrogens (tertiary/aromatic N) is 1. The topological polar surface area (TPSA) is 29.3 Å². The Morgan fingerprint density at radius 1 is 1.29 bits per heavy atom. The number of nitrogens with two attached hydrogens (primary N) is 1. The van der Waals surface area contributed by atoms with Crippen molar-refractivity contribution >= 4 is 5.69 Å². The molecule has 1 aromatic rings. The zero-order chi connectivity index (χ0) is 13.0. The van der Waals surface area contributed by atoms with Crippen LogP contribution in [0.4, 0.5) is 10.1 Å². The van der Waals surface area contributed by atoms with Gasteiger partial charge in [-0.15, -0.1) is 0 Å². The molecule has 0 bridgehead atoms. The molecule has 0 radical (unpaired) electrons. The van der Waals surface area contributed by atoms with Crippen LogP contribution in [0.2, 0.25) is 0 Å². The molecule has 2 nitrogen and oxygen atoms in total. The van der Waals surface area contributed by atoms with Crippen LogP contribution in [-0.4, -0.2) is 13.1 Å². The van der Waals surface area contributed by atoms with Crippen molar-refractivity contribution in [3.8, 4) is 0 Å². The molecule has 0 aromatic heterocycles. The molecular formula is C14H23FN2. The summed E-state index contributed by atoms with van der Waals surface area (Å²) in [4.78, 5) is 2.19. The van der Waals surface area contributed by atoms with Gasteiger partial charge in [-0.1, -0.05) is 19.9 Å². The first-order valence-electron chi connectivity index (χ1n) is 6.26. The van der Waals surface area contributed by atoms with E-state index in [9.17, 15) is 4.39 Å². The van der Waals surface area contributed by atoms with E-state index in [0.29, 0.717) is 11.5 Å². The Labute approximate surface area is 104 Å². The van der Waals surface area contributed by atoms with E-state index in [1.165, 1.54) is 6.07 Å². The monoisotopic (exact) mass is 238 g/mol. The average Bonchev–Trinajstić information content (AvgIpc) is 2.24. The van der Waals surface area contributed by atoms with E-state index in [0.717, 1.165) is 18.8 Å². The lowest BCUT2D eigenvalue weighted by atomic mass is 10.0. The van der Waals surface area contributed by atoms with Crippen molar-refractivity contribution in [2.45, 2.75) is 33.7 Å². The lowest BCUT2D eigenvalue weighted by molar-refractivity contribution is 0.582. The molecule has 0 unspecified atom stereocenters. The molecule has 2 N–H and O–H groups in total. The van der Waals surface area contributed by atoms with Gasteiger partial charge in [-0.3, -0.25) is 0 Å². The smallest absolute Gasteiger partial charge is 0.130 e. The van der Waals surface area contributed by atoms with E-state index in [1.54, 1.807) is 6.07 Å². The second-order valence-corrected chi connectivity index (χ2v) is 4.89. The maximum absolute atomic E-state index is 13.8. The number of hydrogen-bond acceptors (Lipinski definition) is 2. The molecule has 1 aromatic carbocycles. The summed E-state index contributed by atoms with van der Waals surface area (Å²) in [6, 6.07) is 4.89. The van der Waals surface area contributed by atoms with Crippen molar-refractivity contribution in [1.29, 1.82) is 0 Å². The summed E-state index contributed by atoms with van der Waals surface area (Å²) >= 11 is 0. The van der Waals surface area contributed by atoms with Gasteiger partial charge in [0, 0.05) is 30.4 Å². The first-order chi connectivity index (χ1) is 7.97. The van der Waals surface area contributed by atoms with Gasteiger partial charge in [-0.25, -0.2) is 4.39 Å². The molecule has 1 atom stereocenters. The van der Waals surface area contributed by atoms with Gasteiger partial charge in [-0.2, -0.15) is 0 Å². The summed E-state index contributed by atoms with van der Waals surface area (Å²) in [6.07, 6.45) is 0. The minimum Gasteiger partial charge on any atom is -0.371 e. The number of anilines is 1. The molecule has 0 heterocycles. The molecule has 0 saturated heterocycles. The highest BCUT2D eigenvalue weighted by molar-refractivity contribution is 5.55. The maximum atomic E-state index is 13.8. The summed E-state index contributed by atoms with van der Waals surface area (Å²) in [5.74, 6) is 0.332. The Morgan fingerprint density at radius 2 is 1.94 bits per heavy atom. The summed E-state index contributed by atoms with van der Waals surface area (Å²) in [7, 11) is 0. The van der Waals surface area contributed by atoms with Crippen molar-refractivity contribution < 1.29 is 4.39 Å². The second-order valence-electron chi connectivity index (χ2n) is 4.89. The van der Waals surface area contributed by atoms with Crippen molar-refractivity contribution in [2.75, 3.05) is 18.0 Å². The molecule has 96 valence electrons. The molecule has 0 saturated carbocycles. The van der Waals surface area contributed by atoms with Gasteiger partial charge < -0.3 is 10.6 Å². The Kier molecular flexibility index (Phi) is 4.94. The van der Waals surface area contributed by atoms with Gasteiger partial charge in [0.05, 0.1) is 0 Å². The summed E-state index contributed by atoms with van der Waals surface area (Å²) < 4.78 is 13.8. The summed E-state index contributed by atoms with van der Waals surface area (Å²) in [5.41, 5.74) is 7.42. The van der Waals surface area contributed by atoms with E-state index in [1.807, 2.05) is 13.0 Å². The minimum absolute atomic E-state index is 0.209. The van der Waals surface area contributed by atoms with Crippen LogP contribution < -0.4 is 10.6 Å². The Hall–Kier alpha value is -1.09. The van der Waals surface area contributed by atoms with Crippen LogP contribution in [0, 0.1) is 11.7 Å². The molecule has 0 aliphatic rings. The fraction of sp³-hybridized carbons (Fsp3) is 0.571. The zero-order valence-electron chi connectivity index (χ0n) is 11.2. The normalized spacial score (nSPS) is 12.9. The molecule has 17 heavy (non-hydrogen) atoms. The lowest BCUT2D eigenvalue weighted by Gasteiger charge is -2.28. The van der Waals surface area contributed by atoms with Gasteiger partial charge >= 0.3 is 0 Å². The van der Waals surface area contributed by atoms with Crippen molar-refractivity contribution in [3.63, 3.8) is 0 Å². The first-order valence-corrected chi connectivity index (χ1v) is 6.26. The van der Waals surface area contributed by atoms with Crippen LogP contribution in [0.3, 0.4) is 0 Å². The fourth-order valence-electron chi connectivity index (χ4n) is 2.09. The van der Waals surface area contributed by atoms with Crippen LogP contribution >= 0.6 is 0 Å². The predicted octanol–water partition coefficient (Wildman–Crippen LogP) is 3.33. The van der Waals surface area contributed by atoms with Crippen LogP contribution in [-0.2, 0) is 0 Å². The van der Waals surface area contributed by atoms with E-state index >= 15 is 0 Å². The van der Waals surface area contributed by atoms with Gasteiger partial charge in [0.2, 0.25) is 0 Å². The second kappa shape index (κ2) is 6.01. The highest BCUT2D eigenvalue weighted by Crippen LogP contribution is 2.28. The Balaban J connectivity index is 3.14. The molecular weight excluding hydrogens is 215 g/mol. The minimum atomic E-state index is -0.285. The lowest BCUT2D eigenvalue weighted by Crippen LogP contribution is -2.29. The third-order valence-electron chi connectivity index (χ3n) is 2.79. The molecule has 0 amide bonds. The van der Waals surface area contributed by atoms with E-state index in [-0.39, 0.29) is 11.9 Å². The molecule has 3 heteroatoms. The Morgan fingerprint density at radius 3 is 2.41 bits per heavy atom. The van der Waals surface area contributed by atoms with Crippen molar-refractivity contribution in [1.82, 2.24) is 0 Å². The van der Waals surface area contributed by atoms with Crippen LogP contribution in [0.1, 0.15) is 39.3 Å². The Bertz CT molecular complexity index is 361. The van der Waals surface area contributed by atoms with Gasteiger partial charge in [0.1, 0.15) is 5.82 Å². The summed E-state index contributed by atoms with van der Waals surface area (Å²) in [6.45, 7) is 10.0. The third kappa shape index (κ3) is 3.43. The molecule has 0 aliphatic heterocycles. The van der Waals surface area contributed by atoms with Gasteiger partial charge in [-0.05, 0) is 31.9 Å². The van der Waals surface area contributed by atoms with Crippen molar-refractivity contribution in [3.05, 3.63) is 29.6 Å². The van der Waals surface area contributed by atoms with Crippen LogP contribution in [0.15, 0.2) is 18.2 Å². The standard InChI is InChI=1S/C14H23FN2/c1-5-17(9-10(2)3)13-8-6-7-12(15)14(13)11(4)16/h6-8,10-11H,5,9,16H2,1-4H3/t11-/m1/s1. The van der Waals surface area contributed by atoms with E-state index in [4.69, 9.17) is 5.73 Å². The quantitative estimate of drug-likeness (QED) is 0.852. The average molecular weight is 238 g/mol. The molecule has 0 fully saturated rings. The van der Waals surface area contributed by atoms with Gasteiger partial charge in [0.15, 0.2) is 0 Å². The molecule has 0 spiro atoms. The third-order valence-corrected chi connectivity index (χ3v) is 2.79. The number of rotatable bonds is 5. The SMILES string of the molecule is CCN(CC(C)C)c1cccc(F)c1[C@@H](C)N. The van der Waals surface area contributed by atoms with E-state index in [2.05, 4.69) is 25.7 Å². The van der Waals surface area contributed by atoms with Crippen molar-refractivity contribution in [2.24, 2.45) is 11.7 Å². The largest absolute Gasteiger partial charge is 0.371 e. The van der Waals surface area contributed by atoms with Crippen LogP contribution in [0.25, 0.3) is 0 Å². The van der Waals surface area contributed by atoms with E-state index < -0.39 is 0 Å². The number of benzene rings is 1. The van der Waals surface area contributed by atoms with Gasteiger partial charge in [0.25, 0.3) is 0 Å². The van der Waals surface area contributed by atoms with Crippen LogP contribution in [0.5, 0.6) is 0 Å². The zero-order valence-corrected chi connectivity index (χ0v) is 11.2. The molecule has 1 rings (SSSR count). The fourth-order valence-corrected chi connectivity index (χ4v) is 2.09. The first kappa shape index (κ1) is 14.0. The number of halogens is 1. The maximum Gasteiger partial charge on any atom is 0.130 e.